The lowest BCUT2D eigenvalue weighted by atomic mass is 10.2. The fourth-order valence-electron chi connectivity index (χ4n) is 4.36. The highest BCUT2D eigenvalue weighted by Gasteiger charge is 2.28. The number of hydrogen-bond donors (Lipinski definition) is 1. The smallest absolute Gasteiger partial charge is 0.295 e. The summed E-state index contributed by atoms with van der Waals surface area (Å²) in [6, 6.07) is 20.8. The van der Waals surface area contributed by atoms with E-state index in [9.17, 15) is 13.2 Å². The van der Waals surface area contributed by atoms with Gasteiger partial charge in [0.1, 0.15) is 0 Å². The molecule has 1 aliphatic rings. The number of hydrogen-bond acceptors (Lipinski definition) is 8. The van der Waals surface area contributed by atoms with Crippen molar-refractivity contribution in [1.29, 1.82) is 0 Å². The number of para-hydroxylation sites is 1. The van der Waals surface area contributed by atoms with Crippen molar-refractivity contribution in [2.24, 2.45) is 0 Å². The van der Waals surface area contributed by atoms with Crippen molar-refractivity contribution < 1.29 is 18.0 Å². The van der Waals surface area contributed by atoms with Crippen molar-refractivity contribution in [3.63, 3.8) is 0 Å². The van der Waals surface area contributed by atoms with E-state index in [1.807, 2.05) is 0 Å². The van der Waals surface area contributed by atoms with E-state index >= 15 is 0 Å². The standard InChI is InChI=1S/C29H28BrClN6O4S/c30-23-9-12-27(26(31)21-23)41-37(24-5-2-1-3-6-24)42(39,40)25-10-7-22(8-11-25)28(38)32-15-16-35-17-19-36(20-18-35)29-33-13-4-14-34-29/h1-14,21H,15-20H2,(H,32,38). The zero-order valence-electron chi connectivity index (χ0n) is 22.4. The highest BCUT2D eigenvalue weighted by Crippen LogP contribution is 2.32. The van der Waals surface area contributed by atoms with Gasteiger partial charge < -0.3 is 15.1 Å². The minimum absolute atomic E-state index is 0.0450. The predicted molar refractivity (Wildman–Crippen MR) is 165 cm³/mol. The molecule has 0 radical (unpaired) electrons. The van der Waals surface area contributed by atoms with E-state index in [0.717, 1.165) is 41.1 Å². The molecule has 5 rings (SSSR count). The second-order valence-corrected chi connectivity index (χ2v) is 12.5. The Bertz CT molecular complexity index is 1610. The number of piperazine rings is 1. The van der Waals surface area contributed by atoms with Gasteiger partial charge >= 0.3 is 0 Å². The first kappa shape index (κ1) is 29.8. The number of carbonyl (C=O) groups is 1. The lowest BCUT2D eigenvalue weighted by molar-refractivity contribution is 0.0947. The topological polar surface area (TPSA) is 108 Å². The summed E-state index contributed by atoms with van der Waals surface area (Å²) in [5.74, 6) is 0.609. The van der Waals surface area contributed by atoms with Crippen molar-refractivity contribution in [1.82, 2.24) is 20.2 Å². The van der Waals surface area contributed by atoms with Crippen LogP contribution in [0.4, 0.5) is 11.6 Å². The zero-order valence-corrected chi connectivity index (χ0v) is 25.6. The molecule has 13 heteroatoms. The summed E-state index contributed by atoms with van der Waals surface area (Å²) >= 11 is 9.64. The average Bonchev–Trinajstić information content (AvgIpc) is 3.02. The first-order valence-electron chi connectivity index (χ1n) is 13.2. The molecule has 218 valence electrons. The average molecular weight is 672 g/mol. The summed E-state index contributed by atoms with van der Waals surface area (Å²) in [5, 5.41) is 3.15. The SMILES string of the molecule is O=C(NCCN1CCN(c2ncccn2)CC1)c1ccc(S(=O)(=O)N(Oc2ccc(Br)cc2Cl)c2ccccc2)cc1. The first-order chi connectivity index (χ1) is 20.3. The van der Waals surface area contributed by atoms with Crippen LogP contribution in [0, 0.1) is 0 Å². The molecule has 1 N–H and O–H groups in total. The quantitative estimate of drug-likeness (QED) is 0.243. The van der Waals surface area contributed by atoms with Crippen LogP contribution in [0.25, 0.3) is 0 Å². The molecule has 0 spiro atoms. The molecule has 0 unspecified atom stereocenters. The van der Waals surface area contributed by atoms with Gasteiger partial charge in [-0.15, -0.1) is 0 Å². The number of aromatic nitrogens is 2. The Hall–Kier alpha value is -3.71. The lowest BCUT2D eigenvalue weighted by Gasteiger charge is -2.34. The van der Waals surface area contributed by atoms with Gasteiger partial charge in [-0.2, -0.15) is 8.42 Å². The van der Waals surface area contributed by atoms with Crippen molar-refractivity contribution in [3.8, 4) is 5.75 Å². The maximum atomic E-state index is 13.7. The lowest BCUT2D eigenvalue weighted by Crippen LogP contribution is -2.49. The zero-order chi connectivity index (χ0) is 29.5. The highest BCUT2D eigenvalue weighted by atomic mass is 79.9. The van der Waals surface area contributed by atoms with E-state index < -0.39 is 10.0 Å². The predicted octanol–water partition coefficient (Wildman–Crippen LogP) is 4.63. The van der Waals surface area contributed by atoms with Crippen LogP contribution in [-0.2, 0) is 10.0 Å². The van der Waals surface area contributed by atoms with Gasteiger partial charge in [0.15, 0.2) is 5.75 Å². The molecule has 10 nitrogen and oxygen atoms in total. The number of rotatable bonds is 10. The van der Waals surface area contributed by atoms with Gasteiger partial charge in [-0.05, 0) is 60.7 Å². The Balaban J connectivity index is 1.20. The number of nitrogens with one attached hydrogen (secondary N) is 1. The number of sulfonamides is 1. The molecule has 0 atom stereocenters. The van der Waals surface area contributed by atoms with E-state index in [4.69, 9.17) is 16.4 Å². The maximum Gasteiger partial charge on any atom is 0.295 e. The Morgan fingerprint density at radius 1 is 0.952 bits per heavy atom. The molecule has 3 aromatic carbocycles. The van der Waals surface area contributed by atoms with Crippen molar-refractivity contribution in [2.45, 2.75) is 4.90 Å². The van der Waals surface area contributed by atoms with E-state index in [-0.39, 0.29) is 27.3 Å². The van der Waals surface area contributed by atoms with Crippen molar-refractivity contribution in [2.75, 3.05) is 48.6 Å². The Morgan fingerprint density at radius 3 is 2.31 bits per heavy atom. The maximum absolute atomic E-state index is 13.7. The number of benzene rings is 3. The van der Waals surface area contributed by atoms with Crippen molar-refractivity contribution in [3.05, 3.63) is 106 Å². The third-order valence-electron chi connectivity index (χ3n) is 6.60. The molecule has 1 amide bonds. The molecular formula is C29H28BrClN6O4S. The van der Waals surface area contributed by atoms with Crippen LogP contribution in [-0.4, -0.2) is 68.5 Å². The fourth-order valence-corrected chi connectivity index (χ4v) is 6.32. The summed E-state index contributed by atoms with van der Waals surface area (Å²) in [4.78, 5) is 31.6. The van der Waals surface area contributed by atoms with Gasteiger partial charge in [0, 0.05) is 61.7 Å². The fraction of sp³-hybridized carbons (Fsp3) is 0.207. The Labute approximate surface area is 258 Å². The molecule has 42 heavy (non-hydrogen) atoms. The third kappa shape index (κ3) is 7.19. The van der Waals surface area contributed by atoms with E-state index in [0.29, 0.717) is 18.7 Å². The molecule has 1 aliphatic heterocycles. The molecular weight excluding hydrogens is 644 g/mol. The molecule has 1 saturated heterocycles. The van der Waals surface area contributed by atoms with Crippen LogP contribution in [0.15, 0.2) is 101 Å². The van der Waals surface area contributed by atoms with Gasteiger partial charge in [0.2, 0.25) is 5.95 Å². The number of halogens is 2. The van der Waals surface area contributed by atoms with E-state index in [2.05, 4.69) is 41.0 Å². The number of carbonyl (C=O) groups excluding carboxylic acids is 1. The Kier molecular flexibility index (Phi) is 9.58. The minimum atomic E-state index is -4.19. The van der Waals surface area contributed by atoms with Gasteiger partial charge in [-0.25, -0.2) is 9.97 Å². The summed E-state index contributed by atoms with van der Waals surface area (Å²) in [6.45, 7) is 4.46. The van der Waals surface area contributed by atoms with Gasteiger partial charge in [0.05, 0.1) is 15.6 Å². The van der Waals surface area contributed by atoms with E-state index in [1.54, 1.807) is 67.0 Å². The summed E-state index contributed by atoms with van der Waals surface area (Å²) in [7, 11) is -4.19. The molecule has 0 saturated carbocycles. The first-order valence-corrected chi connectivity index (χ1v) is 15.8. The number of nitrogens with zero attached hydrogens (tertiary/aromatic N) is 5. The minimum Gasteiger partial charge on any atom is -0.363 e. The van der Waals surface area contributed by atoms with Crippen LogP contribution in [0.3, 0.4) is 0 Å². The number of amides is 1. The monoisotopic (exact) mass is 670 g/mol. The number of anilines is 2. The molecule has 0 aliphatic carbocycles. The largest absolute Gasteiger partial charge is 0.363 e. The van der Waals surface area contributed by atoms with E-state index in [1.165, 1.54) is 24.3 Å². The second kappa shape index (κ2) is 13.5. The highest BCUT2D eigenvalue weighted by molar-refractivity contribution is 9.10. The van der Waals surface area contributed by atoms with Crippen LogP contribution in [0.2, 0.25) is 5.02 Å². The van der Waals surface area contributed by atoms with Crippen LogP contribution >= 0.6 is 27.5 Å². The second-order valence-electron chi connectivity index (χ2n) is 9.39. The van der Waals surface area contributed by atoms with Gasteiger partial charge in [-0.1, -0.05) is 50.2 Å². The molecule has 2 heterocycles. The molecule has 0 bridgehead atoms. The molecule has 1 fully saturated rings. The summed E-state index contributed by atoms with van der Waals surface area (Å²) in [6.07, 6.45) is 3.47. The normalized spacial score (nSPS) is 13.9. The van der Waals surface area contributed by atoms with Gasteiger partial charge in [-0.3, -0.25) is 9.69 Å². The van der Waals surface area contributed by atoms with Crippen LogP contribution in [0.1, 0.15) is 10.4 Å². The van der Waals surface area contributed by atoms with Gasteiger partial charge in [0.25, 0.3) is 15.9 Å². The van der Waals surface area contributed by atoms with Crippen LogP contribution < -0.4 is 19.5 Å². The molecule has 1 aromatic heterocycles. The summed E-state index contributed by atoms with van der Waals surface area (Å²) < 4.78 is 28.9. The van der Waals surface area contributed by atoms with Crippen LogP contribution in [0.5, 0.6) is 5.75 Å². The summed E-state index contributed by atoms with van der Waals surface area (Å²) in [5.41, 5.74) is 0.638. The Morgan fingerprint density at radius 2 is 1.64 bits per heavy atom. The molecule has 4 aromatic rings. The third-order valence-corrected chi connectivity index (χ3v) is 8.97. The van der Waals surface area contributed by atoms with Crippen molar-refractivity contribution >= 4 is 55.1 Å².